The van der Waals surface area contributed by atoms with Crippen molar-refractivity contribution in [3.63, 3.8) is 0 Å². The Hall–Kier alpha value is -6.70. The van der Waals surface area contributed by atoms with E-state index < -0.39 is 50.3 Å². The number of ether oxygens (including phenoxy) is 8. The first-order valence-corrected chi connectivity index (χ1v) is 19.7. The van der Waals surface area contributed by atoms with Crippen molar-refractivity contribution < 1.29 is 66.7 Å². The van der Waals surface area contributed by atoms with Gasteiger partial charge in [-0.15, -0.1) is 0 Å². The lowest BCUT2D eigenvalue weighted by Crippen LogP contribution is -2.18. The van der Waals surface area contributed by atoms with Gasteiger partial charge in [0, 0.05) is 36.8 Å². The Morgan fingerprint density at radius 2 is 0.650 bits per heavy atom. The Bertz CT molecular complexity index is 1960. The number of hydrogen-bond donors (Lipinski definition) is 0. The zero-order valence-corrected chi connectivity index (χ0v) is 34.1. The quantitative estimate of drug-likeness (QED) is 0.0593. The minimum Gasteiger partial charge on any atom is -0.481 e. The van der Waals surface area contributed by atoms with Crippen molar-refractivity contribution in [1.82, 2.24) is 0 Å². The van der Waals surface area contributed by atoms with Crippen LogP contribution in [0.4, 0.5) is 0 Å². The van der Waals surface area contributed by atoms with Crippen LogP contribution in [0.1, 0.15) is 92.9 Å². The molecule has 0 heterocycles. The van der Waals surface area contributed by atoms with Crippen LogP contribution >= 0.6 is 0 Å². The van der Waals surface area contributed by atoms with E-state index >= 15 is 0 Å². The average molecular weight is 825 g/mol. The van der Waals surface area contributed by atoms with Gasteiger partial charge in [-0.3, -0.25) is 9.59 Å². The average Bonchev–Trinajstić information content (AvgIpc) is 3.22. The van der Waals surface area contributed by atoms with E-state index in [2.05, 4.69) is 0 Å². The van der Waals surface area contributed by atoms with E-state index in [0.717, 1.165) is 0 Å². The third kappa shape index (κ3) is 11.7. The number of benzene rings is 4. The molecular weight excluding hydrogens is 776 g/mol. The maximum atomic E-state index is 12.7. The smallest absolute Gasteiger partial charge is 0.344 e. The molecular formula is C46H48O14. The fraction of sp³-hybridized carbons (Fsp3) is 0.348. The Labute approximate surface area is 348 Å². The van der Waals surface area contributed by atoms with Gasteiger partial charge in [-0.25, -0.2) is 19.2 Å². The molecule has 0 spiro atoms. The lowest BCUT2D eigenvalue weighted by molar-refractivity contribution is -0.146. The van der Waals surface area contributed by atoms with Gasteiger partial charge in [0.25, 0.3) is 0 Å². The predicted octanol–water partition coefficient (Wildman–Crippen LogP) is 5.76. The van der Waals surface area contributed by atoms with Gasteiger partial charge in [0.2, 0.25) is 0 Å². The molecule has 0 amide bonds. The van der Waals surface area contributed by atoms with Gasteiger partial charge < -0.3 is 37.9 Å². The van der Waals surface area contributed by atoms with Crippen LogP contribution < -0.4 is 18.9 Å². The molecule has 1 aliphatic carbocycles. The highest BCUT2D eigenvalue weighted by atomic mass is 16.6. The van der Waals surface area contributed by atoms with E-state index in [0.29, 0.717) is 91.2 Å². The van der Waals surface area contributed by atoms with Crippen molar-refractivity contribution in [2.45, 2.75) is 53.4 Å². The zero-order chi connectivity index (χ0) is 43.0. The van der Waals surface area contributed by atoms with Crippen molar-refractivity contribution in [3.8, 4) is 23.0 Å². The Morgan fingerprint density at radius 3 is 0.867 bits per heavy atom. The van der Waals surface area contributed by atoms with Crippen LogP contribution in [-0.2, 0) is 63.8 Å². The summed E-state index contributed by atoms with van der Waals surface area (Å²) in [5.41, 5.74) is 5.02. The van der Waals surface area contributed by atoms with Crippen molar-refractivity contribution in [2.24, 2.45) is 0 Å². The molecule has 0 unspecified atom stereocenters. The van der Waals surface area contributed by atoms with Crippen LogP contribution in [0.2, 0.25) is 0 Å². The van der Waals surface area contributed by atoms with E-state index in [4.69, 9.17) is 37.9 Å². The molecule has 60 heavy (non-hydrogen) atoms. The number of carbonyl (C=O) groups is 6. The summed E-state index contributed by atoms with van der Waals surface area (Å²) in [6, 6.07) is 17.4. The maximum Gasteiger partial charge on any atom is 0.344 e. The number of fused-ring (bicyclic) bond motifs is 8. The molecule has 316 valence electrons. The number of aldehydes is 2. The van der Waals surface area contributed by atoms with E-state index in [1.807, 2.05) is 0 Å². The second kappa shape index (κ2) is 21.9. The molecule has 0 N–H and O–H groups in total. The first-order valence-electron chi connectivity index (χ1n) is 19.7. The molecule has 4 aromatic rings. The number of rotatable bonds is 18. The maximum absolute atomic E-state index is 12.7. The molecule has 14 nitrogen and oxygen atoms in total. The van der Waals surface area contributed by atoms with E-state index in [-0.39, 0.29) is 52.1 Å². The summed E-state index contributed by atoms with van der Waals surface area (Å²) in [6.45, 7) is 5.55. The Balaban J connectivity index is 1.81. The molecule has 0 saturated heterocycles. The van der Waals surface area contributed by atoms with Crippen LogP contribution in [0.5, 0.6) is 23.0 Å². The largest absolute Gasteiger partial charge is 0.481 e. The fourth-order valence-electron chi connectivity index (χ4n) is 6.95. The molecule has 0 atom stereocenters. The van der Waals surface area contributed by atoms with Gasteiger partial charge in [-0.2, -0.15) is 0 Å². The minimum absolute atomic E-state index is 0.0942. The summed E-state index contributed by atoms with van der Waals surface area (Å²) < 4.78 is 45.7. The van der Waals surface area contributed by atoms with Crippen molar-refractivity contribution in [1.29, 1.82) is 0 Å². The van der Waals surface area contributed by atoms with Gasteiger partial charge in [-0.05, 0) is 96.5 Å². The van der Waals surface area contributed by atoms with Crippen LogP contribution in [0.15, 0.2) is 60.7 Å². The highest BCUT2D eigenvalue weighted by Gasteiger charge is 2.25. The predicted molar refractivity (Wildman–Crippen MR) is 216 cm³/mol. The van der Waals surface area contributed by atoms with E-state index in [1.165, 1.54) is 0 Å². The van der Waals surface area contributed by atoms with E-state index in [1.54, 1.807) is 88.4 Å². The molecule has 8 bridgehead atoms. The third-order valence-electron chi connectivity index (χ3n) is 9.24. The van der Waals surface area contributed by atoms with Gasteiger partial charge in [0.1, 0.15) is 35.6 Å². The van der Waals surface area contributed by atoms with Crippen LogP contribution in [0, 0.1) is 0 Å². The standard InChI is InChI=1S/C46H48O14/c1-5-53-39(49)25-57-43-31-11-9-12-32(43)20-36-16-30(24-48)18-38(46(36)60-28-42(52)56-8-4)22-34-14-10-13-33(44(34)58-26-40(50)54-6-2)21-37-17-29(23-47)15-35(19-31)45(37)59-27-41(51)55-7-3/h9-18,23-24H,5-8,19-22,25-28H2,1-4H3. The van der Waals surface area contributed by atoms with Crippen LogP contribution in [0.3, 0.4) is 0 Å². The zero-order valence-electron chi connectivity index (χ0n) is 34.1. The Kier molecular flexibility index (Phi) is 16.2. The van der Waals surface area contributed by atoms with Gasteiger partial charge >= 0.3 is 23.9 Å². The van der Waals surface area contributed by atoms with Gasteiger partial charge in [-0.1, -0.05) is 36.4 Å². The normalized spacial score (nSPS) is 11.7. The lowest BCUT2D eigenvalue weighted by atomic mass is 9.90. The SMILES string of the molecule is CCOC(=O)COc1c2cccc1Cc1cc(C=O)cc(c1OCC(=O)OCC)Cc1cccc(c1OCC(=O)OCC)Cc1cc(C=O)cc(c1OCC(=O)OCC)C2. The van der Waals surface area contributed by atoms with Gasteiger partial charge in [0.05, 0.1) is 26.4 Å². The highest BCUT2D eigenvalue weighted by Crippen LogP contribution is 2.40. The molecule has 1 aliphatic rings. The van der Waals surface area contributed by atoms with Gasteiger partial charge in [0.15, 0.2) is 26.4 Å². The molecule has 0 saturated carbocycles. The van der Waals surface area contributed by atoms with Crippen LogP contribution in [0.25, 0.3) is 0 Å². The summed E-state index contributed by atoms with van der Waals surface area (Å²) in [4.78, 5) is 75.7. The monoisotopic (exact) mass is 824 g/mol. The summed E-state index contributed by atoms with van der Waals surface area (Å²) in [6.07, 6.45) is 1.79. The molecule has 0 fully saturated rings. The molecule has 14 heteroatoms. The molecule has 0 aromatic heterocycles. The molecule has 5 rings (SSSR count). The Morgan fingerprint density at radius 1 is 0.417 bits per heavy atom. The van der Waals surface area contributed by atoms with E-state index in [9.17, 15) is 28.8 Å². The van der Waals surface area contributed by atoms with Crippen molar-refractivity contribution >= 4 is 36.4 Å². The number of carbonyl (C=O) groups excluding carboxylic acids is 6. The second-order valence-electron chi connectivity index (χ2n) is 13.5. The topological polar surface area (TPSA) is 176 Å². The fourth-order valence-corrected chi connectivity index (χ4v) is 6.95. The number of para-hydroxylation sites is 2. The van der Waals surface area contributed by atoms with Crippen LogP contribution in [-0.4, -0.2) is 89.3 Å². The lowest BCUT2D eigenvalue weighted by Gasteiger charge is -2.23. The van der Waals surface area contributed by atoms with Crippen molar-refractivity contribution in [2.75, 3.05) is 52.9 Å². The molecule has 0 radical (unpaired) electrons. The number of esters is 4. The summed E-state index contributed by atoms with van der Waals surface area (Å²) >= 11 is 0. The van der Waals surface area contributed by atoms with Crippen molar-refractivity contribution in [3.05, 3.63) is 116 Å². The summed E-state index contributed by atoms with van der Waals surface area (Å²) in [5, 5.41) is 0. The second-order valence-corrected chi connectivity index (χ2v) is 13.5. The summed E-state index contributed by atoms with van der Waals surface area (Å²) in [7, 11) is 0. The molecule has 4 aromatic carbocycles. The minimum atomic E-state index is -0.603. The highest BCUT2D eigenvalue weighted by molar-refractivity contribution is 5.79. The number of hydrogen-bond acceptors (Lipinski definition) is 14. The first kappa shape index (κ1) is 44.4. The third-order valence-corrected chi connectivity index (χ3v) is 9.24. The molecule has 0 aliphatic heterocycles. The first-order chi connectivity index (χ1) is 29.1. The summed E-state index contributed by atoms with van der Waals surface area (Å²) in [5.74, 6) is -1.16.